The fourth-order valence-electron chi connectivity index (χ4n) is 1.78. The summed E-state index contributed by atoms with van der Waals surface area (Å²) in [6.07, 6.45) is 7.14. The van der Waals surface area contributed by atoms with Crippen LogP contribution in [-0.4, -0.2) is 9.97 Å². The highest BCUT2D eigenvalue weighted by molar-refractivity contribution is 5.66. The summed E-state index contributed by atoms with van der Waals surface area (Å²) in [5.41, 5.74) is 3.38. The Bertz CT molecular complexity index is 448. The van der Waals surface area contributed by atoms with Gasteiger partial charge in [-0.1, -0.05) is 0 Å². The maximum absolute atomic E-state index is 5.35. The van der Waals surface area contributed by atoms with Gasteiger partial charge in [-0.2, -0.15) is 0 Å². The summed E-state index contributed by atoms with van der Waals surface area (Å²) < 4.78 is 5.35. The summed E-state index contributed by atoms with van der Waals surface area (Å²) in [4.78, 5) is 8.28. The first-order chi connectivity index (χ1) is 6.45. The van der Waals surface area contributed by atoms with Crippen LogP contribution in [0.4, 0.5) is 0 Å². The first kappa shape index (κ1) is 6.83. The van der Waals surface area contributed by atoms with Gasteiger partial charge in [-0.25, -0.2) is 9.97 Å². The molecule has 0 N–H and O–H groups in total. The van der Waals surface area contributed by atoms with E-state index in [4.69, 9.17) is 4.42 Å². The normalized spacial score (nSPS) is 13.5. The van der Waals surface area contributed by atoms with Gasteiger partial charge < -0.3 is 4.42 Å². The molecule has 0 radical (unpaired) electrons. The second kappa shape index (κ2) is 2.42. The number of furan rings is 1. The third-order valence-corrected chi connectivity index (χ3v) is 2.41. The lowest BCUT2D eigenvalue weighted by molar-refractivity contribution is 0.506. The minimum atomic E-state index is 0.961. The third kappa shape index (κ3) is 0.900. The minimum absolute atomic E-state index is 0.961. The quantitative estimate of drug-likeness (QED) is 0.608. The van der Waals surface area contributed by atoms with Crippen molar-refractivity contribution in [3.8, 4) is 11.3 Å². The van der Waals surface area contributed by atoms with E-state index in [2.05, 4.69) is 9.97 Å². The fourth-order valence-corrected chi connectivity index (χ4v) is 1.78. The summed E-state index contributed by atoms with van der Waals surface area (Å²) >= 11 is 0. The van der Waals surface area contributed by atoms with Crippen LogP contribution in [0.2, 0.25) is 0 Å². The SMILES string of the molecule is c1ncc2c(n1)-c1ccoc1CC2. The second-order valence-corrected chi connectivity index (χ2v) is 3.15. The zero-order valence-electron chi connectivity index (χ0n) is 7.03. The summed E-state index contributed by atoms with van der Waals surface area (Å²) in [7, 11) is 0. The van der Waals surface area contributed by atoms with Crippen LogP contribution in [0, 0.1) is 0 Å². The number of hydrogen-bond donors (Lipinski definition) is 0. The van der Waals surface area contributed by atoms with Gasteiger partial charge in [0.1, 0.15) is 12.1 Å². The molecule has 0 atom stereocenters. The highest BCUT2D eigenvalue weighted by atomic mass is 16.3. The lowest BCUT2D eigenvalue weighted by atomic mass is 9.96. The van der Waals surface area contributed by atoms with Crippen LogP contribution in [0.5, 0.6) is 0 Å². The molecular formula is C10H8N2O. The van der Waals surface area contributed by atoms with Crippen molar-refractivity contribution in [1.82, 2.24) is 9.97 Å². The van der Waals surface area contributed by atoms with Crippen LogP contribution < -0.4 is 0 Å². The van der Waals surface area contributed by atoms with Gasteiger partial charge in [-0.05, 0) is 18.1 Å². The number of nitrogens with zero attached hydrogens (tertiary/aromatic N) is 2. The van der Waals surface area contributed by atoms with Gasteiger partial charge in [0.15, 0.2) is 0 Å². The van der Waals surface area contributed by atoms with Crippen molar-refractivity contribution in [3.05, 3.63) is 36.2 Å². The monoisotopic (exact) mass is 172 g/mol. The van der Waals surface area contributed by atoms with Gasteiger partial charge in [-0.3, -0.25) is 0 Å². The molecular weight excluding hydrogens is 164 g/mol. The molecule has 13 heavy (non-hydrogen) atoms. The molecule has 64 valence electrons. The van der Waals surface area contributed by atoms with E-state index in [0.29, 0.717) is 0 Å². The smallest absolute Gasteiger partial charge is 0.116 e. The minimum Gasteiger partial charge on any atom is -0.469 e. The first-order valence-electron chi connectivity index (χ1n) is 4.31. The zero-order valence-corrected chi connectivity index (χ0v) is 7.03. The Balaban J connectivity index is 2.30. The highest BCUT2D eigenvalue weighted by Crippen LogP contribution is 2.31. The van der Waals surface area contributed by atoms with E-state index in [1.165, 1.54) is 5.56 Å². The summed E-state index contributed by atoms with van der Waals surface area (Å²) in [5, 5.41) is 0. The molecule has 1 aliphatic rings. The predicted octanol–water partition coefficient (Wildman–Crippen LogP) is 1.84. The van der Waals surface area contributed by atoms with Gasteiger partial charge in [0, 0.05) is 18.2 Å². The van der Waals surface area contributed by atoms with E-state index in [1.54, 1.807) is 12.6 Å². The van der Waals surface area contributed by atoms with E-state index >= 15 is 0 Å². The Morgan fingerprint density at radius 3 is 3.31 bits per heavy atom. The van der Waals surface area contributed by atoms with E-state index in [1.807, 2.05) is 12.3 Å². The van der Waals surface area contributed by atoms with E-state index in [9.17, 15) is 0 Å². The lowest BCUT2D eigenvalue weighted by Gasteiger charge is -2.12. The predicted molar refractivity (Wildman–Crippen MR) is 47.1 cm³/mol. The Labute approximate surface area is 75.4 Å². The number of hydrogen-bond acceptors (Lipinski definition) is 3. The number of fused-ring (bicyclic) bond motifs is 3. The van der Waals surface area contributed by atoms with Crippen LogP contribution in [0.15, 0.2) is 29.3 Å². The molecule has 0 aliphatic heterocycles. The Hall–Kier alpha value is -1.64. The summed E-state index contributed by atoms with van der Waals surface area (Å²) in [5.74, 6) is 1.05. The van der Waals surface area contributed by atoms with Crippen molar-refractivity contribution < 1.29 is 4.42 Å². The van der Waals surface area contributed by atoms with Crippen LogP contribution >= 0.6 is 0 Å². The van der Waals surface area contributed by atoms with Crippen molar-refractivity contribution in [2.45, 2.75) is 12.8 Å². The molecule has 3 rings (SSSR count). The molecule has 0 unspecified atom stereocenters. The first-order valence-corrected chi connectivity index (χ1v) is 4.31. The maximum atomic E-state index is 5.35. The van der Waals surface area contributed by atoms with Gasteiger partial charge in [0.05, 0.1) is 12.0 Å². The standard InChI is InChI=1S/C10H8N2O/c1-2-9-8(3-4-13-9)10-7(1)5-11-6-12-10/h3-6H,1-2H2. The zero-order chi connectivity index (χ0) is 8.67. The molecule has 0 saturated carbocycles. The molecule has 1 aliphatic carbocycles. The molecule has 2 heterocycles. The average molecular weight is 172 g/mol. The molecule has 0 bridgehead atoms. The van der Waals surface area contributed by atoms with Crippen LogP contribution in [0.3, 0.4) is 0 Å². The van der Waals surface area contributed by atoms with Gasteiger partial charge in [-0.15, -0.1) is 0 Å². The lowest BCUT2D eigenvalue weighted by Crippen LogP contribution is -2.03. The van der Waals surface area contributed by atoms with E-state index < -0.39 is 0 Å². The summed E-state index contributed by atoms with van der Waals surface area (Å²) in [6, 6.07) is 1.97. The van der Waals surface area contributed by atoms with Gasteiger partial charge in [0.25, 0.3) is 0 Å². The average Bonchev–Trinajstić information content (AvgIpc) is 2.65. The molecule has 2 aromatic heterocycles. The molecule has 0 saturated heterocycles. The number of aromatic nitrogens is 2. The molecule has 0 spiro atoms. The third-order valence-electron chi connectivity index (χ3n) is 2.41. The van der Waals surface area contributed by atoms with Crippen molar-refractivity contribution in [1.29, 1.82) is 0 Å². The van der Waals surface area contributed by atoms with Gasteiger partial charge in [0.2, 0.25) is 0 Å². The molecule has 3 nitrogen and oxygen atoms in total. The largest absolute Gasteiger partial charge is 0.469 e. The van der Waals surface area contributed by atoms with Crippen molar-refractivity contribution in [3.63, 3.8) is 0 Å². The Kier molecular flexibility index (Phi) is 1.27. The topological polar surface area (TPSA) is 38.9 Å². The molecule has 3 heteroatoms. The van der Waals surface area contributed by atoms with E-state index in [-0.39, 0.29) is 0 Å². The highest BCUT2D eigenvalue weighted by Gasteiger charge is 2.19. The molecule has 0 fully saturated rings. The van der Waals surface area contributed by atoms with Crippen LogP contribution in [0.25, 0.3) is 11.3 Å². The van der Waals surface area contributed by atoms with Crippen molar-refractivity contribution in [2.24, 2.45) is 0 Å². The van der Waals surface area contributed by atoms with Crippen LogP contribution in [0.1, 0.15) is 11.3 Å². The molecule has 0 amide bonds. The van der Waals surface area contributed by atoms with E-state index in [0.717, 1.165) is 29.9 Å². The fraction of sp³-hybridized carbons (Fsp3) is 0.200. The molecule has 2 aromatic rings. The molecule has 0 aromatic carbocycles. The Morgan fingerprint density at radius 2 is 2.31 bits per heavy atom. The maximum Gasteiger partial charge on any atom is 0.116 e. The number of aryl methyl sites for hydroxylation is 2. The van der Waals surface area contributed by atoms with Crippen LogP contribution in [-0.2, 0) is 12.8 Å². The van der Waals surface area contributed by atoms with Gasteiger partial charge >= 0.3 is 0 Å². The number of rotatable bonds is 0. The summed E-state index contributed by atoms with van der Waals surface area (Å²) in [6.45, 7) is 0. The Morgan fingerprint density at radius 1 is 1.31 bits per heavy atom. The second-order valence-electron chi connectivity index (χ2n) is 3.15. The van der Waals surface area contributed by atoms with Crippen molar-refractivity contribution >= 4 is 0 Å². The van der Waals surface area contributed by atoms with Crippen molar-refractivity contribution in [2.75, 3.05) is 0 Å².